The first-order valence-electron chi connectivity index (χ1n) is 17.9. The highest BCUT2D eigenvalue weighted by atomic mass is 16.5. The maximum Gasteiger partial charge on any atom is 0.233 e. The number of likely N-dealkylation sites (tertiary alicyclic amines) is 1. The summed E-state index contributed by atoms with van der Waals surface area (Å²) in [6.07, 6.45) is 4.39. The molecule has 1 saturated carbocycles. The molecule has 9 nitrogen and oxygen atoms in total. The normalized spacial score (nSPS) is 26.3. The van der Waals surface area contributed by atoms with Crippen LogP contribution in [-0.4, -0.2) is 59.3 Å². The lowest BCUT2D eigenvalue weighted by molar-refractivity contribution is -0.140. The van der Waals surface area contributed by atoms with Crippen molar-refractivity contribution in [2.45, 2.75) is 30.6 Å². The Bertz CT molecular complexity index is 2170. The number of fused-ring (bicyclic) bond motifs is 4. The van der Waals surface area contributed by atoms with Gasteiger partial charge in [0.05, 0.1) is 31.5 Å². The number of phenolic OH excluding ortho intramolecular Hbond substituents is 2. The Hall–Kier alpha value is -5.96. The number of carbonyl (C=O) groups excluding carboxylic acids is 4. The minimum atomic E-state index is -1.43. The lowest BCUT2D eigenvalue weighted by atomic mass is 9.44. The van der Waals surface area contributed by atoms with Gasteiger partial charge in [0, 0.05) is 24.0 Å². The molecule has 0 bridgehead atoms. The van der Waals surface area contributed by atoms with Gasteiger partial charge in [-0.2, -0.15) is 0 Å². The number of Topliss-reactive ketones (excluding diaryl/α,β-unsaturated/α-hetero) is 1. The van der Waals surface area contributed by atoms with E-state index in [2.05, 4.69) is 0 Å². The zero-order valence-corrected chi connectivity index (χ0v) is 29.4. The van der Waals surface area contributed by atoms with Gasteiger partial charge in [-0.05, 0) is 77.8 Å². The van der Waals surface area contributed by atoms with Crippen LogP contribution in [-0.2, 0) is 31.0 Å². The molecule has 8 rings (SSSR count). The number of hydrogen-bond acceptors (Lipinski definition) is 8. The average Bonchev–Trinajstić information content (AvgIpc) is 3.43. The zero-order chi connectivity index (χ0) is 37.0. The van der Waals surface area contributed by atoms with Crippen LogP contribution in [0.5, 0.6) is 23.0 Å². The van der Waals surface area contributed by atoms with E-state index < -0.39 is 35.0 Å². The van der Waals surface area contributed by atoms with E-state index in [0.717, 1.165) is 11.1 Å². The molecule has 0 radical (unpaired) electrons. The Kier molecular flexibility index (Phi) is 8.52. The van der Waals surface area contributed by atoms with E-state index in [-0.39, 0.29) is 59.3 Å². The quantitative estimate of drug-likeness (QED) is 0.164. The number of methoxy groups -OCH3 is 2. The van der Waals surface area contributed by atoms with Crippen molar-refractivity contribution < 1.29 is 38.9 Å². The Morgan fingerprint density at radius 3 is 2.08 bits per heavy atom. The van der Waals surface area contributed by atoms with Crippen LogP contribution in [0.1, 0.15) is 41.0 Å². The van der Waals surface area contributed by atoms with Crippen molar-refractivity contribution in [1.82, 2.24) is 4.90 Å². The predicted octanol–water partition coefficient (Wildman–Crippen LogP) is 6.18. The van der Waals surface area contributed by atoms with E-state index in [1.807, 2.05) is 66.7 Å². The fourth-order valence-electron chi connectivity index (χ4n) is 9.52. The molecule has 6 unspecified atom stereocenters. The number of phenols is 2. The molecule has 1 saturated heterocycles. The number of aromatic hydroxyl groups is 2. The van der Waals surface area contributed by atoms with Crippen LogP contribution in [0.2, 0.25) is 0 Å². The van der Waals surface area contributed by atoms with E-state index in [0.29, 0.717) is 35.1 Å². The van der Waals surface area contributed by atoms with Crippen LogP contribution in [0.4, 0.5) is 0 Å². The first-order valence-corrected chi connectivity index (χ1v) is 17.9. The highest BCUT2D eigenvalue weighted by molar-refractivity contribution is 6.31. The number of nitrogens with zero attached hydrogens (tertiary/aromatic N) is 1. The summed E-state index contributed by atoms with van der Waals surface area (Å²) in [7, 11) is 2.86. The van der Waals surface area contributed by atoms with Crippen LogP contribution in [0.25, 0.3) is 5.57 Å². The van der Waals surface area contributed by atoms with Crippen molar-refractivity contribution in [3.8, 4) is 23.0 Å². The van der Waals surface area contributed by atoms with Crippen molar-refractivity contribution in [2.24, 2.45) is 23.7 Å². The SMILES string of the molecule is COc1cc(C2C3=CCC4C(=O)N(CCc5ccc(O)cc5)C(=O)C4C3CC3C(=O)C(c4ccccc4)=CC(=O)C32c2ccccc2)cc(OC)c1O. The number of benzene rings is 4. The van der Waals surface area contributed by atoms with Gasteiger partial charge in [-0.1, -0.05) is 84.4 Å². The smallest absolute Gasteiger partial charge is 0.233 e. The Labute approximate surface area is 307 Å². The van der Waals surface area contributed by atoms with Gasteiger partial charge < -0.3 is 19.7 Å². The Balaban J connectivity index is 1.31. The number of amides is 2. The molecule has 4 aliphatic rings. The highest BCUT2D eigenvalue weighted by Gasteiger charge is 2.66. The van der Waals surface area contributed by atoms with Crippen LogP contribution in [0, 0.1) is 23.7 Å². The Morgan fingerprint density at radius 2 is 1.43 bits per heavy atom. The van der Waals surface area contributed by atoms with E-state index in [1.165, 1.54) is 25.2 Å². The number of allylic oxidation sites excluding steroid dienone is 4. The molecule has 0 aromatic heterocycles. The number of rotatable bonds is 8. The molecule has 1 heterocycles. The van der Waals surface area contributed by atoms with Gasteiger partial charge >= 0.3 is 0 Å². The predicted molar refractivity (Wildman–Crippen MR) is 196 cm³/mol. The summed E-state index contributed by atoms with van der Waals surface area (Å²) in [5, 5.41) is 20.7. The molecule has 1 aliphatic heterocycles. The van der Waals surface area contributed by atoms with E-state index >= 15 is 9.59 Å². The van der Waals surface area contributed by atoms with Crippen molar-refractivity contribution in [2.75, 3.05) is 20.8 Å². The molecule has 53 heavy (non-hydrogen) atoms. The van der Waals surface area contributed by atoms with Crippen molar-refractivity contribution in [3.05, 3.63) is 137 Å². The van der Waals surface area contributed by atoms with Gasteiger partial charge in [-0.25, -0.2) is 0 Å². The monoisotopic (exact) mass is 709 g/mol. The molecule has 2 fully saturated rings. The summed E-state index contributed by atoms with van der Waals surface area (Å²) in [6, 6.07) is 28.5. The van der Waals surface area contributed by atoms with E-state index in [9.17, 15) is 19.8 Å². The standard InChI is InChI=1S/C44H39NO8/c1-52-35-21-27(22-36(53-2)41(35)49)39-30-17-18-31-38(43(51)45(42(31)50)20-19-25-13-15-29(46)16-14-25)33(30)23-34-40(48)32(26-9-5-3-6-10-26)24-37(47)44(34,39)28-11-7-4-8-12-28/h3-17,21-22,24,31,33-34,38-39,46,49H,18-20,23H2,1-2H3. The maximum atomic E-state index is 15.2. The van der Waals surface area contributed by atoms with Gasteiger partial charge in [0.1, 0.15) is 5.75 Å². The van der Waals surface area contributed by atoms with Gasteiger partial charge in [0.25, 0.3) is 0 Å². The fourth-order valence-corrected chi connectivity index (χ4v) is 9.52. The number of ketones is 2. The van der Waals surface area contributed by atoms with Gasteiger partial charge in [0.2, 0.25) is 17.6 Å². The van der Waals surface area contributed by atoms with Gasteiger partial charge in [-0.15, -0.1) is 0 Å². The second-order valence-electron chi connectivity index (χ2n) is 14.3. The number of ether oxygens (including phenoxy) is 2. The summed E-state index contributed by atoms with van der Waals surface area (Å²) in [5.74, 6) is -4.31. The number of hydrogen-bond donors (Lipinski definition) is 2. The van der Waals surface area contributed by atoms with Crippen LogP contribution in [0.3, 0.4) is 0 Å². The summed E-state index contributed by atoms with van der Waals surface area (Å²) in [4.78, 5) is 60.2. The second kappa shape index (κ2) is 13.2. The van der Waals surface area contributed by atoms with Crippen LogP contribution >= 0.6 is 0 Å². The molecular formula is C44H39NO8. The summed E-state index contributed by atoms with van der Waals surface area (Å²) in [6.45, 7) is 0.184. The zero-order valence-electron chi connectivity index (χ0n) is 29.4. The first kappa shape index (κ1) is 34.1. The first-order chi connectivity index (χ1) is 25.7. The summed E-state index contributed by atoms with van der Waals surface area (Å²) < 4.78 is 11.2. The second-order valence-corrected chi connectivity index (χ2v) is 14.3. The molecule has 3 aliphatic carbocycles. The van der Waals surface area contributed by atoms with E-state index in [4.69, 9.17) is 9.47 Å². The molecule has 4 aromatic rings. The van der Waals surface area contributed by atoms with Crippen LogP contribution < -0.4 is 9.47 Å². The van der Waals surface area contributed by atoms with Crippen molar-refractivity contribution in [3.63, 3.8) is 0 Å². The lowest BCUT2D eigenvalue weighted by Gasteiger charge is -2.55. The van der Waals surface area contributed by atoms with E-state index in [1.54, 1.807) is 36.4 Å². The minimum absolute atomic E-state index is 0.134. The molecule has 2 amide bonds. The molecule has 2 N–H and O–H groups in total. The molecular weight excluding hydrogens is 670 g/mol. The molecule has 268 valence electrons. The van der Waals surface area contributed by atoms with Crippen molar-refractivity contribution in [1.29, 1.82) is 0 Å². The number of imide groups is 1. The molecule has 9 heteroatoms. The third-order valence-electron chi connectivity index (χ3n) is 11.9. The summed E-state index contributed by atoms with van der Waals surface area (Å²) in [5.41, 5.74) is 2.45. The molecule has 0 spiro atoms. The third-order valence-corrected chi connectivity index (χ3v) is 11.9. The lowest BCUT2D eigenvalue weighted by Crippen LogP contribution is -2.58. The average molecular weight is 710 g/mol. The van der Waals surface area contributed by atoms with Gasteiger partial charge in [0.15, 0.2) is 23.1 Å². The topological polar surface area (TPSA) is 130 Å². The Morgan fingerprint density at radius 1 is 0.792 bits per heavy atom. The van der Waals surface area contributed by atoms with Crippen molar-refractivity contribution >= 4 is 29.0 Å². The third kappa shape index (κ3) is 5.28. The largest absolute Gasteiger partial charge is 0.508 e. The fraction of sp³-hybridized carbons (Fsp3) is 0.273. The molecule has 6 atom stereocenters. The van der Waals surface area contributed by atoms with Crippen LogP contribution in [0.15, 0.2) is 115 Å². The molecule has 4 aromatic carbocycles. The summed E-state index contributed by atoms with van der Waals surface area (Å²) >= 11 is 0. The van der Waals surface area contributed by atoms with Gasteiger partial charge in [-0.3, -0.25) is 24.1 Å². The number of carbonyl (C=O) groups is 4. The highest BCUT2D eigenvalue weighted by Crippen LogP contribution is 2.64. The minimum Gasteiger partial charge on any atom is -0.508 e. The maximum absolute atomic E-state index is 15.2.